The fourth-order valence-electron chi connectivity index (χ4n) is 1.74. The summed E-state index contributed by atoms with van der Waals surface area (Å²) >= 11 is 0. The van der Waals surface area contributed by atoms with Crippen LogP contribution in [0.1, 0.15) is 25.8 Å². The average Bonchev–Trinajstić information content (AvgIpc) is 2.30. The van der Waals surface area contributed by atoms with Crippen LogP contribution in [-0.4, -0.2) is 19.1 Å². The lowest BCUT2D eigenvalue weighted by Crippen LogP contribution is -2.36. The van der Waals surface area contributed by atoms with Gasteiger partial charge in [0.15, 0.2) is 0 Å². The van der Waals surface area contributed by atoms with Crippen molar-refractivity contribution in [2.45, 2.75) is 33.2 Å². The van der Waals surface area contributed by atoms with Crippen LogP contribution in [0, 0.1) is 12.8 Å². The Balaban J connectivity index is 2.75. The number of benzene rings is 1. The molecule has 0 aromatic heterocycles. The van der Waals surface area contributed by atoms with Gasteiger partial charge in [0.2, 0.25) is 5.91 Å². The van der Waals surface area contributed by atoms with Crippen LogP contribution in [0.3, 0.4) is 0 Å². The summed E-state index contributed by atoms with van der Waals surface area (Å²) in [4.78, 5) is 11.9. The molecule has 1 aromatic carbocycles. The summed E-state index contributed by atoms with van der Waals surface area (Å²) in [5.74, 6) is 0.872. The Morgan fingerprint density at radius 1 is 1.44 bits per heavy atom. The minimum atomic E-state index is -0.490. The third-order valence-electron chi connectivity index (χ3n) is 2.68. The normalized spacial score (nSPS) is 12.3. The molecule has 0 radical (unpaired) electrons. The number of methoxy groups -OCH3 is 1. The molecular formula is C14H22N2O2. The molecule has 18 heavy (non-hydrogen) atoms. The van der Waals surface area contributed by atoms with Gasteiger partial charge in [-0.1, -0.05) is 19.9 Å². The number of amides is 1. The van der Waals surface area contributed by atoms with Crippen molar-refractivity contribution in [1.29, 1.82) is 0 Å². The van der Waals surface area contributed by atoms with Gasteiger partial charge in [-0.15, -0.1) is 0 Å². The van der Waals surface area contributed by atoms with Crippen molar-refractivity contribution in [1.82, 2.24) is 0 Å². The molecule has 0 spiro atoms. The topological polar surface area (TPSA) is 64.3 Å². The molecule has 0 saturated carbocycles. The predicted molar refractivity (Wildman–Crippen MR) is 73.8 cm³/mol. The number of nitrogens with two attached hydrogens (primary N) is 1. The van der Waals surface area contributed by atoms with Crippen LogP contribution in [-0.2, 0) is 4.79 Å². The van der Waals surface area contributed by atoms with Crippen molar-refractivity contribution in [2.75, 3.05) is 12.4 Å². The van der Waals surface area contributed by atoms with Crippen molar-refractivity contribution in [3.05, 3.63) is 23.8 Å². The standard InChI is InChI=1S/C14H22N2O2/c1-9(2)7-11(15)14(17)16-12-6-5-10(3)8-13(12)18-4/h5-6,8-9,11H,7,15H2,1-4H3,(H,16,17). The lowest BCUT2D eigenvalue weighted by Gasteiger charge is -2.16. The van der Waals surface area contributed by atoms with E-state index in [2.05, 4.69) is 5.32 Å². The first-order chi connectivity index (χ1) is 8.43. The van der Waals surface area contributed by atoms with E-state index >= 15 is 0 Å². The molecule has 0 heterocycles. The van der Waals surface area contributed by atoms with Crippen LogP contribution < -0.4 is 15.8 Å². The highest BCUT2D eigenvalue weighted by molar-refractivity contribution is 5.95. The summed E-state index contributed by atoms with van der Waals surface area (Å²) in [7, 11) is 1.58. The largest absolute Gasteiger partial charge is 0.495 e. The van der Waals surface area contributed by atoms with E-state index in [-0.39, 0.29) is 5.91 Å². The lowest BCUT2D eigenvalue weighted by molar-refractivity contribution is -0.117. The number of ether oxygens (including phenoxy) is 1. The summed E-state index contributed by atoms with van der Waals surface area (Å²) in [6.07, 6.45) is 0.667. The third-order valence-corrected chi connectivity index (χ3v) is 2.68. The minimum absolute atomic E-state index is 0.175. The number of carbonyl (C=O) groups is 1. The summed E-state index contributed by atoms with van der Waals surface area (Å²) in [5.41, 5.74) is 7.57. The van der Waals surface area contributed by atoms with Crippen molar-refractivity contribution in [3.8, 4) is 5.75 Å². The second-order valence-corrected chi connectivity index (χ2v) is 4.93. The van der Waals surface area contributed by atoms with E-state index in [9.17, 15) is 4.79 Å². The van der Waals surface area contributed by atoms with Crippen LogP contribution in [0.4, 0.5) is 5.69 Å². The molecular weight excluding hydrogens is 228 g/mol. The quantitative estimate of drug-likeness (QED) is 0.843. The van der Waals surface area contributed by atoms with Crippen LogP contribution in [0.25, 0.3) is 0 Å². The van der Waals surface area contributed by atoms with Gasteiger partial charge in [0.05, 0.1) is 18.8 Å². The summed E-state index contributed by atoms with van der Waals surface area (Å²) in [6, 6.07) is 5.14. The molecule has 0 aliphatic rings. The van der Waals surface area contributed by atoms with Gasteiger partial charge in [-0.3, -0.25) is 4.79 Å². The highest BCUT2D eigenvalue weighted by Gasteiger charge is 2.16. The first kappa shape index (κ1) is 14.5. The molecule has 100 valence electrons. The molecule has 1 amide bonds. The van der Waals surface area contributed by atoms with Gasteiger partial charge in [-0.2, -0.15) is 0 Å². The Morgan fingerprint density at radius 2 is 2.11 bits per heavy atom. The highest BCUT2D eigenvalue weighted by atomic mass is 16.5. The van der Waals surface area contributed by atoms with Gasteiger partial charge in [-0.05, 0) is 37.0 Å². The smallest absolute Gasteiger partial charge is 0.241 e. The molecule has 1 atom stereocenters. The Hall–Kier alpha value is -1.55. The van der Waals surface area contributed by atoms with Crippen LogP contribution in [0.2, 0.25) is 0 Å². The van der Waals surface area contributed by atoms with E-state index in [4.69, 9.17) is 10.5 Å². The maximum absolute atomic E-state index is 11.9. The summed E-state index contributed by atoms with van der Waals surface area (Å²) in [5, 5.41) is 2.80. The van der Waals surface area contributed by atoms with Crippen LogP contribution in [0.15, 0.2) is 18.2 Å². The molecule has 0 aliphatic carbocycles. The van der Waals surface area contributed by atoms with E-state index in [1.54, 1.807) is 7.11 Å². The van der Waals surface area contributed by atoms with Crippen molar-refractivity contribution in [3.63, 3.8) is 0 Å². The van der Waals surface area contributed by atoms with Crippen molar-refractivity contribution >= 4 is 11.6 Å². The maximum atomic E-state index is 11.9. The number of hydrogen-bond acceptors (Lipinski definition) is 3. The molecule has 0 fully saturated rings. The van der Waals surface area contributed by atoms with Gasteiger partial charge in [0.25, 0.3) is 0 Å². The Morgan fingerprint density at radius 3 is 2.67 bits per heavy atom. The molecule has 0 aliphatic heterocycles. The molecule has 1 rings (SSSR count). The molecule has 4 heteroatoms. The van der Waals surface area contributed by atoms with Crippen molar-refractivity contribution in [2.24, 2.45) is 11.7 Å². The second kappa shape index (κ2) is 6.40. The summed E-state index contributed by atoms with van der Waals surface area (Å²) in [6.45, 7) is 6.05. The Labute approximate surface area is 109 Å². The highest BCUT2D eigenvalue weighted by Crippen LogP contribution is 2.25. The van der Waals surface area contributed by atoms with Crippen LogP contribution in [0.5, 0.6) is 5.75 Å². The monoisotopic (exact) mass is 250 g/mol. The third kappa shape index (κ3) is 4.04. The van der Waals surface area contributed by atoms with Gasteiger partial charge in [0.1, 0.15) is 5.75 Å². The first-order valence-corrected chi connectivity index (χ1v) is 6.15. The predicted octanol–water partition coefficient (Wildman–Crippen LogP) is 2.32. The zero-order chi connectivity index (χ0) is 13.7. The maximum Gasteiger partial charge on any atom is 0.241 e. The first-order valence-electron chi connectivity index (χ1n) is 6.15. The van der Waals surface area contributed by atoms with Gasteiger partial charge < -0.3 is 15.8 Å². The van der Waals surface area contributed by atoms with E-state index in [1.165, 1.54) is 0 Å². The van der Waals surface area contributed by atoms with Gasteiger partial charge >= 0.3 is 0 Å². The molecule has 1 unspecified atom stereocenters. The zero-order valence-corrected chi connectivity index (χ0v) is 11.5. The van der Waals surface area contributed by atoms with Gasteiger partial charge in [0, 0.05) is 0 Å². The number of rotatable bonds is 5. The molecule has 4 nitrogen and oxygen atoms in total. The number of hydrogen-bond donors (Lipinski definition) is 2. The number of nitrogens with one attached hydrogen (secondary N) is 1. The minimum Gasteiger partial charge on any atom is -0.495 e. The SMILES string of the molecule is COc1cc(C)ccc1NC(=O)C(N)CC(C)C. The fraction of sp³-hybridized carbons (Fsp3) is 0.500. The van der Waals surface area contributed by atoms with Gasteiger partial charge in [-0.25, -0.2) is 0 Å². The fourth-order valence-corrected chi connectivity index (χ4v) is 1.74. The van der Waals surface area contributed by atoms with E-state index in [0.29, 0.717) is 23.8 Å². The van der Waals surface area contributed by atoms with Crippen molar-refractivity contribution < 1.29 is 9.53 Å². The molecule has 0 bridgehead atoms. The summed E-state index contributed by atoms with van der Waals surface area (Å²) < 4.78 is 5.23. The molecule has 1 aromatic rings. The average molecular weight is 250 g/mol. The molecule has 0 saturated heterocycles. The number of carbonyl (C=O) groups excluding carboxylic acids is 1. The Bertz CT molecular complexity index is 416. The lowest BCUT2D eigenvalue weighted by atomic mass is 10.0. The van der Waals surface area contributed by atoms with Crippen LogP contribution >= 0.6 is 0 Å². The van der Waals surface area contributed by atoms with E-state index in [0.717, 1.165) is 5.56 Å². The number of anilines is 1. The second-order valence-electron chi connectivity index (χ2n) is 4.93. The molecule has 3 N–H and O–H groups in total. The Kier molecular flexibility index (Phi) is 5.16. The van der Waals surface area contributed by atoms with E-state index < -0.39 is 6.04 Å². The van der Waals surface area contributed by atoms with E-state index in [1.807, 2.05) is 39.0 Å². The zero-order valence-electron chi connectivity index (χ0n) is 11.5. The number of aryl methyl sites for hydroxylation is 1.